The monoisotopic (exact) mass is 317 g/mol. The van der Waals surface area contributed by atoms with Gasteiger partial charge < -0.3 is 10.1 Å². The molecule has 22 heavy (non-hydrogen) atoms. The maximum atomic E-state index is 12.8. The van der Waals surface area contributed by atoms with Crippen molar-refractivity contribution in [2.75, 3.05) is 6.26 Å². The Labute approximate surface area is 133 Å². The normalized spacial score (nSPS) is 10.7. The lowest BCUT2D eigenvalue weighted by atomic mass is 10.0. The average Bonchev–Trinajstić information content (AvgIpc) is 2.74. The van der Waals surface area contributed by atoms with Gasteiger partial charge in [0.25, 0.3) is 0 Å². The number of aryl methyl sites for hydroxylation is 2. The molecule has 0 spiro atoms. The van der Waals surface area contributed by atoms with Crippen molar-refractivity contribution >= 4 is 23.5 Å². The molecule has 0 unspecified atom stereocenters. The molecule has 0 radical (unpaired) electrons. The molecule has 1 aromatic heterocycles. The maximum Gasteiger partial charge on any atom is 0.309 e. The fourth-order valence-electron chi connectivity index (χ4n) is 2.57. The largest absolute Gasteiger partial charge is 0.481 e. The van der Waals surface area contributed by atoms with E-state index in [1.165, 1.54) is 11.8 Å². The Morgan fingerprint density at radius 2 is 1.91 bits per heavy atom. The molecule has 0 atom stereocenters. The van der Waals surface area contributed by atoms with Crippen LogP contribution in [0, 0.1) is 20.8 Å². The molecule has 116 valence electrons. The van der Waals surface area contributed by atoms with E-state index in [0.29, 0.717) is 17.0 Å². The first-order valence-corrected chi connectivity index (χ1v) is 8.16. The zero-order chi connectivity index (χ0) is 16.4. The van der Waals surface area contributed by atoms with Crippen molar-refractivity contribution in [2.45, 2.75) is 32.1 Å². The molecule has 5 heteroatoms. The molecule has 1 heterocycles. The number of rotatable bonds is 5. The SMILES string of the molecule is CSc1c(C(=O)c2ccc(C)cc2C)[nH]c(CC(=O)O)c1C. The molecular formula is C17H19NO3S. The Kier molecular flexibility index (Phi) is 4.76. The first-order valence-electron chi connectivity index (χ1n) is 6.94. The number of aromatic nitrogens is 1. The van der Waals surface area contributed by atoms with Gasteiger partial charge in [-0.1, -0.05) is 23.8 Å². The van der Waals surface area contributed by atoms with Gasteiger partial charge in [-0.15, -0.1) is 11.8 Å². The predicted octanol–water partition coefficient (Wildman–Crippen LogP) is 3.52. The minimum absolute atomic E-state index is 0.0958. The van der Waals surface area contributed by atoms with E-state index in [0.717, 1.165) is 21.6 Å². The lowest BCUT2D eigenvalue weighted by Crippen LogP contribution is -2.06. The number of aliphatic carboxylic acids is 1. The fourth-order valence-corrected chi connectivity index (χ4v) is 3.35. The summed E-state index contributed by atoms with van der Waals surface area (Å²) in [6.45, 7) is 5.74. The minimum atomic E-state index is -0.914. The number of carbonyl (C=O) groups is 2. The second-order valence-corrected chi connectivity index (χ2v) is 6.17. The lowest BCUT2D eigenvalue weighted by molar-refractivity contribution is -0.136. The number of carbonyl (C=O) groups excluding carboxylic acids is 1. The molecular weight excluding hydrogens is 298 g/mol. The fraction of sp³-hybridized carbons (Fsp3) is 0.294. The highest BCUT2D eigenvalue weighted by atomic mass is 32.2. The number of nitrogens with one attached hydrogen (secondary N) is 1. The number of carboxylic acid groups (broad SMARTS) is 1. The molecule has 0 saturated heterocycles. The van der Waals surface area contributed by atoms with Crippen LogP contribution in [0.5, 0.6) is 0 Å². The van der Waals surface area contributed by atoms with Crippen LogP contribution in [0.2, 0.25) is 0 Å². The number of carboxylic acids is 1. The van der Waals surface area contributed by atoms with Gasteiger partial charge in [-0.05, 0) is 38.2 Å². The van der Waals surface area contributed by atoms with Gasteiger partial charge in [0.05, 0.1) is 6.42 Å². The van der Waals surface area contributed by atoms with Crippen LogP contribution in [0.4, 0.5) is 0 Å². The summed E-state index contributed by atoms with van der Waals surface area (Å²) >= 11 is 1.46. The van der Waals surface area contributed by atoms with Gasteiger partial charge in [-0.2, -0.15) is 0 Å². The second-order valence-electron chi connectivity index (χ2n) is 5.35. The van der Waals surface area contributed by atoms with E-state index in [-0.39, 0.29) is 12.2 Å². The summed E-state index contributed by atoms with van der Waals surface area (Å²) in [5.41, 5.74) is 4.57. The molecule has 0 saturated carbocycles. The third-order valence-corrected chi connectivity index (χ3v) is 4.60. The van der Waals surface area contributed by atoms with E-state index in [9.17, 15) is 9.59 Å². The number of hydrogen-bond acceptors (Lipinski definition) is 3. The summed E-state index contributed by atoms with van der Waals surface area (Å²) in [4.78, 5) is 27.6. The minimum Gasteiger partial charge on any atom is -0.481 e. The first-order chi connectivity index (χ1) is 10.3. The van der Waals surface area contributed by atoms with Crippen molar-refractivity contribution in [3.05, 3.63) is 51.8 Å². The highest BCUT2D eigenvalue weighted by Gasteiger charge is 2.22. The number of aromatic amines is 1. The van der Waals surface area contributed by atoms with Crippen molar-refractivity contribution < 1.29 is 14.7 Å². The summed E-state index contributed by atoms with van der Waals surface area (Å²) in [5, 5.41) is 8.98. The van der Waals surface area contributed by atoms with Crippen LogP contribution in [0.3, 0.4) is 0 Å². The van der Waals surface area contributed by atoms with E-state index < -0.39 is 5.97 Å². The Hall–Kier alpha value is -2.01. The summed E-state index contributed by atoms with van der Waals surface area (Å²) in [7, 11) is 0. The summed E-state index contributed by atoms with van der Waals surface area (Å²) in [6.07, 6.45) is 1.78. The molecule has 0 amide bonds. The van der Waals surface area contributed by atoms with Crippen LogP contribution in [0.1, 0.15) is 38.4 Å². The Morgan fingerprint density at radius 1 is 1.23 bits per heavy atom. The molecule has 2 rings (SSSR count). The molecule has 2 N–H and O–H groups in total. The van der Waals surface area contributed by atoms with Gasteiger partial charge in [-0.3, -0.25) is 9.59 Å². The third-order valence-electron chi connectivity index (χ3n) is 3.68. The number of H-pyrrole nitrogens is 1. The number of benzene rings is 1. The number of thioether (sulfide) groups is 1. The van der Waals surface area contributed by atoms with Crippen molar-refractivity contribution in [3.63, 3.8) is 0 Å². The first kappa shape index (κ1) is 16.4. The van der Waals surface area contributed by atoms with E-state index in [4.69, 9.17) is 5.11 Å². The van der Waals surface area contributed by atoms with Crippen molar-refractivity contribution in [2.24, 2.45) is 0 Å². The summed E-state index contributed by atoms with van der Waals surface area (Å²) < 4.78 is 0. The summed E-state index contributed by atoms with van der Waals surface area (Å²) in [6, 6.07) is 5.71. The lowest BCUT2D eigenvalue weighted by Gasteiger charge is -2.06. The second kappa shape index (κ2) is 6.40. The summed E-state index contributed by atoms with van der Waals surface area (Å²) in [5.74, 6) is -1.01. The van der Waals surface area contributed by atoms with Gasteiger partial charge in [0, 0.05) is 16.2 Å². The van der Waals surface area contributed by atoms with Crippen LogP contribution in [0.15, 0.2) is 23.1 Å². The van der Waals surface area contributed by atoms with E-state index in [1.807, 2.05) is 45.2 Å². The van der Waals surface area contributed by atoms with Gasteiger partial charge >= 0.3 is 5.97 Å². The third kappa shape index (κ3) is 3.09. The Morgan fingerprint density at radius 3 is 2.45 bits per heavy atom. The van der Waals surface area contributed by atoms with Crippen LogP contribution < -0.4 is 0 Å². The standard InChI is InChI=1S/C17H19NO3S/c1-9-5-6-12(10(2)7-9)16(21)15-17(22-4)11(3)13(18-15)8-14(19)20/h5-7,18H,8H2,1-4H3,(H,19,20). The highest BCUT2D eigenvalue weighted by molar-refractivity contribution is 7.98. The van der Waals surface area contributed by atoms with Gasteiger partial charge in [0.15, 0.2) is 0 Å². The predicted molar refractivity (Wildman–Crippen MR) is 88.0 cm³/mol. The van der Waals surface area contributed by atoms with Crippen molar-refractivity contribution in [1.29, 1.82) is 0 Å². The zero-order valence-corrected chi connectivity index (χ0v) is 13.9. The Balaban J connectivity index is 2.51. The molecule has 0 bridgehead atoms. The van der Waals surface area contributed by atoms with Crippen LogP contribution >= 0.6 is 11.8 Å². The highest BCUT2D eigenvalue weighted by Crippen LogP contribution is 2.30. The molecule has 4 nitrogen and oxygen atoms in total. The van der Waals surface area contributed by atoms with Crippen LogP contribution in [0.25, 0.3) is 0 Å². The molecule has 0 aliphatic rings. The van der Waals surface area contributed by atoms with E-state index >= 15 is 0 Å². The molecule has 1 aromatic carbocycles. The number of ketones is 1. The average molecular weight is 317 g/mol. The van der Waals surface area contributed by atoms with Crippen LogP contribution in [-0.2, 0) is 11.2 Å². The topological polar surface area (TPSA) is 70.2 Å². The van der Waals surface area contributed by atoms with Gasteiger partial charge in [-0.25, -0.2) is 0 Å². The molecule has 0 aliphatic carbocycles. The van der Waals surface area contributed by atoms with Gasteiger partial charge in [0.1, 0.15) is 5.69 Å². The maximum absolute atomic E-state index is 12.8. The number of hydrogen-bond donors (Lipinski definition) is 2. The zero-order valence-electron chi connectivity index (χ0n) is 13.1. The van der Waals surface area contributed by atoms with Crippen LogP contribution in [-0.4, -0.2) is 28.1 Å². The van der Waals surface area contributed by atoms with E-state index in [2.05, 4.69) is 4.98 Å². The smallest absolute Gasteiger partial charge is 0.309 e. The van der Waals surface area contributed by atoms with E-state index in [1.54, 1.807) is 0 Å². The quantitative estimate of drug-likeness (QED) is 0.654. The van der Waals surface area contributed by atoms with Crippen molar-refractivity contribution in [3.8, 4) is 0 Å². The molecule has 0 aliphatic heterocycles. The van der Waals surface area contributed by atoms with Gasteiger partial charge in [0.2, 0.25) is 5.78 Å². The van der Waals surface area contributed by atoms with Crippen molar-refractivity contribution in [1.82, 2.24) is 4.98 Å². The Bertz CT molecular complexity index is 747. The molecule has 2 aromatic rings. The molecule has 0 fully saturated rings.